The maximum atomic E-state index is 12.9. The van der Waals surface area contributed by atoms with Crippen LogP contribution in [0.4, 0.5) is 18.9 Å². The summed E-state index contributed by atoms with van der Waals surface area (Å²) in [7, 11) is 0. The molecule has 0 aliphatic carbocycles. The first-order valence-electron chi connectivity index (χ1n) is 9.14. The molecule has 30 heavy (non-hydrogen) atoms. The molecule has 5 nitrogen and oxygen atoms in total. The Kier molecular flexibility index (Phi) is 6.56. The summed E-state index contributed by atoms with van der Waals surface area (Å²) in [6, 6.07) is 12.7. The van der Waals surface area contributed by atoms with E-state index in [0.29, 0.717) is 18.1 Å². The highest BCUT2D eigenvalue weighted by Crippen LogP contribution is 2.32. The van der Waals surface area contributed by atoms with Crippen molar-refractivity contribution in [1.29, 1.82) is 0 Å². The van der Waals surface area contributed by atoms with E-state index >= 15 is 0 Å². The molecule has 3 rings (SSSR count). The third kappa shape index (κ3) is 5.50. The van der Waals surface area contributed by atoms with Gasteiger partial charge in [-0.25, -0.2) is 0 Å². The summed E-state index contributed by atoms with van der Waals surface area (Å²) in [5, 5.41) is 2.47. The second-order valence-corrected chi connectivity index (χ2v) is 6.28. The Morgan fingerprint density at radius 2 is 1.87 bits per heavy atom. The predicted octanol–water partition coefficient (Wildman–Crippen LogP) is 5.33. The molecule has 0 aliphatic rings. The summed E-state index contributed by atoms with van der Waals surface area (Å²) in [4.78, 5) is 16.5. The van der Waals surface area contributed by atoms with Gasteiger partial charge in [0.05, 0.1) is 12.2 Å². The van der Waals surface area contributed by atoms with Crippen molar-refractivity contribution >= 4 is 11.6 Å². The van der Waals surface area contributed by atoms with E-state index < -0.39 is 17.6 Å². The van der Waals surface area contributed by atoms with Crippen molar-refractivity contribution in [1.82, 2.24) is 4.98 Å². The van der Waals surface area contributed by atoms with E-state index in [1.54, 1.807) is 31.5 Å². The smallest absolute Gasteiger partial charge is 0.416 e. The Morgan fingerprint density at radius 1 is 1.03 bits per heavy atom. The second kappa shape index (κ2) is 9.30. The zero-order valence-electron chi connectivity index (χ0n) is 16.1. The van der Waals surface area contributed by atoms with Gasteiger partial charge in [-0.2, -0.15) is 13.2 Å². The third-order valence-corrected chi connectivity index (χ3v) is 4.07. The molecule has 0 spiro atoms. The molecule has 3 aromatic rings. The Balaban J connectivity index is 1.75. The first kappa shape index (κ1) is 21.2. The van der Waals surface area contributed by atoms with Gasteiger partial charge in [-0.05, 0) is 49.4 Å². The predicted molar refractivity (Wildman–Crippen MR) is 106 cm³/mol. The van der Waals surface area contributed by atoms with Crippen LogP contribution in [0.25, 0.3) is 0 Å². The minimum Gasteiger partial charge on any atom is -0.490 e. The van der Waals surface area contributed by atoms with Crippen LogP contribution in [0.2, 0.25) is 0 Å². The molecule has 156 valence electrons. The number of ether oxygens (including phenoxy) is 2. The molecule has 0 radical (unpaired) electrons. The van der Waals surface area contributed by atoms with Crippen LogP contribution < -0.4 is 14.8 Å². The molecule has 1 aromatic heterocycles. The molecule has 0 atom stereocenters. The van der Waals surface area contributed by atoms with E-state index in [-0.39, 0.29) is 17.9 Å². The third-order valence-electron chi connectivity index (χ3n) is 4.07. The maximum Gasteiger partial charge on any atom is 0.416 e. The highest BCUT2D eigenvalue weighted by atomic mass is 19.4. The van der Waals surface area contributed by atoms with Gasteiger partial charge in [0.2, 0.25) is 0 Å². The monoisotopic (exact) mass is 416 g/mol. The summed E-state index contributed by atoms with van der Waals surface area (Å²) in [5.74, 6) is 0.239. The normalized spacial score (nSPS) is 11.1. The Morgan fingerprint density at radius 3 is 2.57 bits per heavy atom. The average Bonchev–Trinajstić information content (AvgIpc) is 2.73. The lowest BCUT2D eigenvalue weighted by Crippen LogP contribution is -2.13. The molecule has 2 aromatic carbocycles. The van der Waals surface area contributed by atoms with Crippen LogP contribution in [0.5, 0.6) is 11.5 Å². The van der Waals surface area contributed by atoms with Gasteiger partial charge in [-0.3, -0.25) is 9.78 Å². The number of amides is 1. The van der Waals surface area contributed by atoms with Gasteiger partial charge in [0.25, 0.3) is 5.91 Å². The number of alkyl halides is 3. The molecule has 0 aliphatic heterocycles. The summed E-state index contributed by atoms with van der Waals surface area (Å²) in [6.45, 7) is 2.41. The summed E-state index contributed by atoms with van der Waals surface area (Å²) < 4.78 is 49.9. The van der Waals surface area contributed by atoms with E-state index in [2.05, 4.69) is 10.3 Å². The standard InChI is InChI=1S/C22H19F3N2O3/c1-2-29-20-11-16(8-9-19(20)30-14-15-5-4-10-26-13-15)21(28)27-18-7-3-6-17(12-18)22(23,24)25/h3-13H,2,14H2,1H3,(H,27,28). The zero-order chi connectivity index (χ0) is 21.6. The second-order valence-electron chi connectivity index (χ2n) is 6.28. The van der Waals surface area contributed by atoms with Crippen LogP contribution in [0.15, 0.2) is 67.0 Å². The molecular weight excluding hydrogens is 397 g/mol. The minimum absolute atomic E-state index is 0.0460. The molecule has 0 saturated carbocycles. The van der Waals surface area contributed by atoms with Crippen LogP contribution in [0.1, 0.15) is 28.4 Å². The number of aromatic nitrogens is 1. The lowest BCUT2D eigenvalue weighted by molar-refractivity contribution is -0.137. The van der Waals surface area contributed by atoms with Crippen LogP contribution >= 0.6 is 0 Å². The number of pyridine rings is 1. The lowest BCUT2D eigenvalue weighted by atomic mass is 10.1. The van der Waals surface area contributed by atoms with Gasteiger partial charge in [0.1, 0.15) is 6.61 Å². The number of hydrogen-bond donors (Lipinski definition) is 1. The van der Waals surface area contributed by atoms with Gasteiger partial charge < -0.3 is 14.8 Å². The van der Waals surface area contributed by atoms with E-state index in [1.165, 1.54) is 24.3 Å². The van der Waals surface area contributed by atoms with Gasteiger partial charge >= 0.3 is 6.18 Å². The topological polar surface area (TPSA) is 60.5 Å². The van der Waals surface area contributed by atoms with Gasteiger partial charge in [0, 0.05) is 29.2 Å². The van der Waals surface area contributed by atoms with Crippen LogP contribution in [-0.2, 0) is 12.8 Å². The van der Waals surface area contributed by atoms with E-state index in [4.69, 9.17) is 9.47 Å². The number of nitrogens with zero attached hydrogens (tertiary/aromatic N) is 1. The fraction of sp³-hybridized carbons (Fsp3) is 0.182. The van der Waals surface area contributed by atoms with Gasteiger partial charge in [-0.1, -0.05) is 12.1 Å². The number of halogens is 3. The van der Waals surface area contributed by atoms with Crippen molar-refractivity contribution in [2.24, 2.45) is 0 Å². The summed E-state index contributed by atoms with van der Waals surface area (Å²) in [5.41, 5.74) is 0.301. The van der Waals surface area contributed by atoms with Crippen LogP contribution in [0.3, 0.4) is 0 Å². The summed E-state index contributed by atoms with van der Waals surface area (Å²) in [6.07, 6.45) is -1.15. The van der Waals surface area contributed by atoms with Gasteiger partial charge in [0.15, 0.2) is 11.5 Å². The number of nitrogens with one attached hydrogen (secondary N) is 1. The number of carbonyl (C=O) groups is 1. The van der Waals surface area contributed by atoms with E-state index in [1.807, 2.05) is 6.07 Å². The largest absolute Gasteiger partial charge is 0.490 e. The maximum absolute atomic E-state index is 12.9. The number of hydrogen-bond acceptors (Lipinski definition) is 4. The van der Waals surface area contributed by atoms with Crippen molar-refractivity contribution < 1.29 is 27.4 Å². The van der Waals surface area contributed by atoms with E-state index in [9.17, 15) is 18.0 Å². The van der Waals surface area contributed by atoms with Crippen molar-refractivity contribution in [3.8, 4) is 11.5 Å². The van der Waals surface area contributed by atoms with Crippen LogP contribution in [-0.4, -0.2) is 17.5 Å². The lowest BCUT2D eigenvalue weighted by Gasteiger charge is -2.14. The number of rotatable bonds is 7. The van der Waals surface area contributed by atoms with Crippen LogP contribution in [0, 0.1) is 0 Å². The minimum atomic E-state index is -4.49. The number of anilines is 1. The van der Waals surface area contributed by atoms with Crippen molar-refractivity contribution in [3.05, 3.63) is 83.7 Å². The molecule has 0 fully saturated rings. The fourth-order valence-electron chi connectivity index (χ4n) is 2.66. The van der Waals surface area contributed by atoms with Crippen molar-refractivity contribution in [2.45, 2.75) is 19.7 Å². The quantitative estimate of drug-likeness (QED) is 0.566. The fourth-order valence-corrected chi connectivity index (χ4v) is 2.66. The van der Waals surface area contributed by atoms with E-state index in [0.717, 1.165) is 17.7 Å². The zero-order valence-corrected chi connectivity index (χ0v) is 16.1. The summed E-state index contributed by atoms with van der Waals surface area (Å²) >= 11 is 0. The Hall–Kier alpha value is -3.55. The first-order valence-corrected chi connectivity index (χ1v) is 9.14. The molecule has 0 saturated heterocycles. The molecule has 1 amide bonds. The highest BCUT2D eigenvalue weighted by molar-refractivity contribution is 6.04. The molecule has 1 N–H and O–H groups in total. The van der Waals surface area contributed by atoms with Crippen molar-refractivity contribution in [2.75, 3.05) is 11.9 Å². The number of benzene rings is 2. The number of carbonyl (C=O) groups excluding carboxylic acids is 1. The molecule has 0 bridgehead atoms. The molecular formula is C22H19F3N2O3. The average molecular weight is 416 g/mol. The molecule has 1 heterocycles. The first-order chi connectivity index (χ1) is 14.4. The SMILES string of the molecule is CCOc1cc(C(=O)Nc2cccc(C(F)(F)F)c2)ccc1OCc1cccnc1. The Labute approximate surface area is 171 Å². The van der Waals surface area contributed by atoms with Crippen molar-refractivity contribution in [3.63, 3.8) is 0 Å². The molecule has 0 unspecified atom stereocenters. The highest BCUT2D eigenvalue weighted by Gasteiger charge is 2.30. The van der Waals surface area contributed by atoms with Gasteiger partial charge in [-0.15, -0.1) is 0 Å². The molecule has 8 heteroatoms. The Bertz CT molecular complexity index is 1010.